The van der Waals surface area contributed by atoms with Crippen LogP contribution >= 0.6 is 11.3 Å². The van der Waals surface area contributed by atoms with Crippen molar-refractivity contribution in [2.45, 2.75) is 71.3 Å². The fourth-order valence-electron chi connectivity index (χ4n) is 2.74. The van der Waals surface area contributed by atoms with Crippen molar-refractivity contribution in [2.24, 2.45) is 0 Å². The van der Waals surface area contributed by atoms with Crippen molar-refractivity contribution in [3.8, 4) is 0 Å². The zero-order valence-electron chi connectivity index (χ0n) is 12.8. The lowest BCUT2D eigenvalue weighted by Gasteiger charge is -2.00. The van der Waals surface area contributed by atoms with E-state index in [2.05, 4.69) is 41.3 Å². The van der Waals surface area contributed by atoms with E-state index >= 15 is 0 Å². The molecule has 20 heavy (non-hydrogen) atoms. The number of aromatic nitrogens is 1. The predicted octanol–water partition coefficient (Wildman–Crippen LogP) is 5.72. The minimum absolute atomic E-state index is 1.18. The van der Waals surface area contributed by atoms with Gasteiger partial charge < -0.3 is 0 Å². The fourth-order valence-corrected chi connectivity index (χ4v) is 3.66. The van der Waals surface area contributed by atoms with Gasteiger partial charge in [-0.25, -0.2) is 0 Å². The molecule has 1 aromatic carbocycles. The molecule has 0 N–H and O–H groups in total. The molecule has 0 saturated carbocycles. The van der Waals surface area contributed by atoms with Crippen LogP contribution in [0.5, 0.6) is 0 Å². The number of fused-ring (bicyclic) bond motifs is 1. The Labute approximate surface area is 127 Å². The third-order valence-corrected chi connectivity index (χ3v) is 4.94. The molecular formula is C18H28NS+. The quantitative estimate of drug-likeness (QED) is 0.389. The third-order valence-electron chi connectivity index (χ3n) is 3.98. The Hall–Kier alpha value is -0.890. The zero-order chi connectivity index (χ0) is 14.0. The Morgan fingerprint density at radius 2 is 1.50 bits per heavy atom. The third kappa shape index (κ3) is 4.90. The highest BCUT2D eigenvalue weighted by Gasteiger charge is 2.09. The first-order valence-electron chi connectivity index (χ1n) is 8.27. The molecule has 0 spiro atoms. The van der Waals surface area contributed by atoms with Gasteiger partial charge in [-0.2, -0.15) is 4.57 Å². The van der Waals surface area contributed by atoms with Gasteiger partial charge >= 0.3 is 0 Å². The van der Waals surface area contributed by atoms with Crippen LogP contribution < -0.4 is 4.57 Å². The van der Waals surface area contributed by atoms with Crippen LogP contribution in [0.15, 0.2) is 29.8 Å². The lowest BCUT2D eigenvalue weighted by molar-refractivity contribution is -0.667. The number of unbranched alkanes of at least 4 members (excludes halogenated alkanes) is 8. The second-order valence-electron chi connectivity index (χ2n) is 5.71. The van der Waals surface area contributed by atoms with Gasteiger partial charge in [0, 0.05) is 12.5 Å². The topological polar surface area (TPSA) is 3.88 Å². The molecule has 0 aliphatic rings. The van der Waals surface area contributed by atoms with Gasteiger partial charge in [0.1, 0.15) is 11.2 Å². The van der Waals surface area contributed by atoms with E-state index in [0.717, 1.165) is 0 Å². The van der Waals surface area contributed by atoms with Crippen LogP contribution in [0.1, 0.15) is 64.7 Å². The molecule has 0 saturated heterocycles. The molecule has 0 bridgehead atoms. The highest BCUT2D eigenvalue weighted by molar-refractivity contribution is 7.16. The van der Waals surface area contributed by atoms with Crippen LogP contribution in [-0.2, 0) is 6.54 Å². The minimum Gasteiger partial charge on any atom is -0.188 e. The van der Waals surface area contributed by atoms with E-state index in [1.165, 1.54) is 74.5 Å². The van der Waals surface area contributed by atoms with E-state index in [1.54, 1.807) is 0 Å². The molecule has 0 unspecified atom stereocenters. The first-order valence-corrected chi connectivity index (χ1v) is 9.15. The maximum absolute atomic E-state index is 2.42. The van der Waals surface area contributed by atoms with Gasteiger partial charge in [0.15, 0.2) is 0 Å². The molecule has 2 aromatic rings. The zero-order valence-corrected chi connectivity index (χ0v) is 13.6. The SMILES string of the molecule is CCCCCCCCCCC[n+]1csc2ccccc21. The largest absolute Gasteiger partial charge is 0.225 e. The van der Waals surface area contributed by atoms with Crippen LogP contribution in [0.2, 0.25) is 0 Å². The van der Waals surface area contributed by atoms with Crippen LogP contribution in [0.25, 0.3) is 10.2 Å². The van der Waals surface area contributed by atoms with Crippen molar-refractivity contribution in [1.29, 1.82) is 0 Å². The summed E-state index contributed by atoms with van der Waals surface area (Å²) < 4.78 is 3.82. The van der Waals surface area contributed by atoms with Crippen molar-refractivity contribution in [1.82, 2.24) is 0 Å². The molecule has 0 amide bonds. The molecule has 0 fully saturated rings. The van der Waals surface area contributed by atoms with Gasteiger partial charge in [-0.15, -0.1) is 0 Å². The highest BCUT2D eigenvalue weighted by atomic mass is 32.1. The van der Waals surface area contributed by atoms with Gasteiger partial charge in [0.25, 0.3) is 0 Å². The summed E-state index contributed by atoms with van der Waals surface area (Å²) in [5.74, 6) is 0. The number of para-hydroxylation sites is 1. The molecule has 1 heterocycles. The standard InChI is InChI=1S/C18H28NS/c1-2-3-4-5-6-7-8-9-12-15-19-16-20-18-14-11-10-13-17(18)19/h10-11,13-14,16H,2-9,12,15H2,1H3/q+1. The van der Waals surface area contributed by atoms with Gasteiger partial charge in [-0.3, -0.25) is 0 Å². The molecule has 1 aromatic heterocycles. The normalized spacial score (nSPS) is 11.2. The second kappa shape index (κ2) is 9.12. The van der Waals surface area contributed by atoms with Crippen LogP contribution in [0.3, 0.4) is 0 Å². The summed E-state index contributed by atoms with van der Waals surface area (Å²) in [6.45, 7) is 3.46. The number of hydrogen-bond acceptors (Lipinski definition) is 1. The maximum Gasteiger partial charge on any atom is 0.225 e. The highest BCUT2D eigenvalue weighted by Crippen LogP contribution is 2.15. The van der Waals surface area contributed by atoms with Crippen LogP contribution in [0.4, 0.5) is 0 Å². The molecule has 2 heteroatoms. The van der Waals surface area contributed by atoms with E-state index in [4.69, 9.17) is 0 Å². The van der Waals surface area contributed by atoms with Crippen molar-refractivity contribution in [2.75, 3.05) is 0 Å². The molecule has 2 rings (SSSR count). The van der Waals surface area contributed by atoms with Crippen LogP contribution in [0, 0.1) is 0 Å². The second-order valence-corrected chi connectivity index (χ2v) is 6.60. The minimum atomic E-state index is 1.18. The fraction of sp³-hybridized carbons (Fsp3) is 0.611. The Bertz CT molecular complexity index is 489. The van der Waals surface area contributed by atoms with E-state index in [0.29, 0.717) is 0 Å². The summed E-state index contributed by atoms with van der Waals surface area (Å²) in [5, 5.41) is 0. The average molecular weight is 290 g/mol. The predicted molar refractivity (Wildman–Crippen MR) is 89.2 cm³/mol. The number of rotatable bonds is 10. The average Bonchev–Trinajstić information content (AvgIpc) is 2.89. The Balaban J connectivity index is 1.57. The lowest BCUT2D eigenvalue weighted by atomic mass is 10.1. The van der Waals surface area contributed by atoms with E-state index in [-0.39, 0.29) is 0 Å². The van der Waals surface area contributed by atoms with Crippen molar-refractivity contribution < 1.29 is 4.57 Å². The number of hydrogen-bond donors (Lipinski definition) is 0. The smallest absolute Gasteiger partial charge is 0.188 e. The summed E-state index contributed by atoms with van der Waals surface area (Å²) in [5.41, 5.74) is 3.67. The molecule has 0 atom stereocenters. The number of thiazole rings is 1. The van der Waals surface area contributed by atoms with Crippen molar-refractivity contribution in [3.05, 3.63) is 29.8 Å². The summed E-state index contributed by atoms with van der Waals surface area (Å²) in [6.07, 6.45) is 12.6. The molecule has 0 aliphatic heterocycles. The van der Waals surface area contributed by atoms with Gasteiger partial charge in [0.2, 0.25) is 11.0 Å². The lowest BCUT2D eigenvalue weighted by Crippen LogP contribution is -2.31. The molecular weight excluding hydrogens is 262 g/mol. The van der Waals surface area contributed by atoms with Crippen LogP contribution in [-0.4, -0.2) is 0 Å². The monoisotopic (exact) mass is 290 g/mol. The van der Waals surface area contributed by atoms with Crippen molar-refractivity contribution in [3.63, 3.8) is 0 Å². The van der Waals surface area contributed by atoms with Crippen molar-refractivity contribution >= 4 is 21.6 Å². The summed E-state index contributed by atoms with van der Waals surface area (Å²) in [7, 11) is 0. The number of nitrogens with zero attached hydrogens (tertiary/aromatic N) is 1. The molecule has 0 radical (unpaired) electrons. The Morgan fingerprint density at radius 1 is 0.850 bits per heavy atom. The number of benzene rings is 1. The molecule has 0 aliphatic carbocycles. The van der Waals surface area contributed by atoms with E-state index in [1.807, 2.05) is 11.3 Å². The van der Waals surface area contributed by atoms with Gasteiger partial charge in [0.05, 0.1) is 0 Å². The first-order chi connectivity index (χ1) is 9.92. The summed E-state index contributed by atoms with van der Waals surface area (Å²) in [6, 6.07) is 8.72. The summed E-state index contributed by atoms with van der Waals surface area (Å²) >= 11 is 1.86. The molecule has 110 valence electrons. The Kier molecular flexibility index (Phi) is 7.07. The number of aryl methyl sites for hydroxylation is 1. The maximum atomic E-state index is 2.42. The van der Waals surface area contributed by atoms with E-state index in [9.17, 15) is 0 Å². The van der Waals surface area contributed by atoms with Gasteiger partial charge in [-0.05, 0) is 12.5 Å². The Morgan fingerprint density at radius 3 is 2.25 bits per heavy atom. The molecule has 1 nitrogen and oxygen atoms in total. The van der Waals surface area contributed by atoms with Gasteiger partial charge in [-0.1, -0.05) is 75.3 Å². The summed E-state index contributed by atoms with van der Waals surface area (Å²) in [4.78, 5) is 0. The van der Waals surface area contributed by atoms with E-state index < -0.39 is 0 Å². The first kappa shape index (κ1) is 15.5.